The molecule has 0 atom stereocenters. The maximum Gasteiger partial charge on any atom is 0.306 e. The van der Waals surface area contributed by atoms with Crippen LogP contribution in [0.2, 0.25) is 0 Å². The number of nitrogens with zero attached hydrogens (tertiary/aromatic N) is 1. The molecule has 1 N–H and O–H groups in total. The van der Waals surface area contributed by atoms with Gasteiger partial charge in [-0.05, 0) is 19.8 Å². The summed E-state index contributed by atoms with van der Waals surface area (Å²) in [7, 11) is 1.49. The lowest BCUT2D eigenvalue weighted by Crippen LogP contribution is -2.47. The summed E-state index contributed by atoms with van der Waals surface area (Å²) in [6.45, 7) is 3.39. The molecule has 0 aliphatic carbocycles. The Kier molecular flexibility index (Phi) is 7.74. The summed E-state index contributed by atoms with van der Waals surface area (Å²) in [6.07, 6.45) is 1.69. The molecule has 0 spiro atoms. The van der Waals surface area contributed by atoms with Gasteiger partial charge < -0.3 is 19.7 Å². The first kappa shape index (κ1) is 17.4. The predicted octanol–water partition coefficient (Wildman–Crippen LogP) is 0.0833. The van der Waals surface area contributed by atoms with Crippen LogP contribution in [0.15, 0.2) is 0 Å². The summed E-state index contributed by atoms with van der Waals surface area (Å²) in [6, 6.07) is 0.0614. The normalized spacial score (nSPS) is 15.6. The molecule has 1 saturated heterocycles. The van der Waals surface area contributed by atoms with Gasteiger partial charge in [-0.2, -0.15) is 0 Å². The van der Waals surface area contributed by atoms with Crippen molar-refractivity contribution in [2.45, 2.75) is 38.6 Å². The molecule has 1 rings (SSSR count). The Balaban J connectivity index is 2.21. The van der Waals surface area contributed by atoms with Crippen LogP contribution < -0.4 is 5.32 Å². The Morgan fingerprint density at radius 1 is 1.19 bits per heavy atom. The topological polar surface area (TPSA) is 84.9 Å². The van der Waals surface area contributed by atoms with E-state index >= 15 is 0 Å². The van der Waals surface area contributed by atoms with Crippen LogP contribution in [0.25, 0.3) is 0 Å². The van der Waals surface area contributed by atoms with Crippen molar-refractivity contribution < 1.29 is 23.9 Å². The van der Waals surface area contributed by atoms with E-state index in [1.54, 1.807) is 11.8 Å². The van der Waals surface area contributed by atoms with Gasteiger partial charge in [0.1, 0.15) is 6.61 Å². The van der Waals surface area contributed by atoms with Gasteiger partial charge in [0.25, 0.3) is 0 Å². The third kappa shape index (κ3) is 6.57. The molecule has 1 heterocycles. The van der Waals surface area contributed by atoms with Crippen molar-refractivity contribution in [3.63, 3.8) is 0 Å². The summed E-state index contributed by atoms with van der Waals surface area (Å²) in [5.74, 6) is -0.526. The van der Waals surface area contributed by atoms with Crippen LogP contribution in [0.4, 0.5) is 0 Å². The number of likely N-dealkylation sites (tertiary alicyclic amines) is 1. The van der Waals surface area contributed by atoms with Crippen LogP contribution in [0.1, 0.15) is 32.6 Å². The molecular weight excluding hydrogens is 276 g/mol. The third-order valence-electron chi connectivity index (χ3n) is 3.34. The zero-order valence-electron chi connectivity index (χ0n) is 12.7. The molecule has 1 fully saturated rings. The number of hydrogen-bond acceptors (Lipinski definition) is 5. The highest BCUT2D eigenvalue weighted by atomic mass is 16.5. The van der Waals surface area contributed by atoms with Crippen molar-refractivity contribution >= 4 is 17.8 Å². The van der Waals surface area contributed by atoms with Crippen LogP contribution in [0.3, 0.4) is 0 Å². The number of ether oxygens (including phenoxy) is 2. The molecule has 0 unspecified atom stereocenters. The van der Waals surface area contributed by atoms with Gasteiger partial charge in [0.2, 0.25) is 11.8 Å². The summed E-state index contributed by atoms with van der Waals surface area (Å²) in [5, 5.41) is 2.89. The van der Waals surface area contributed by atoms with E-state index in [0.29, 0.717) is 19.7 Å². The molecular formula is C14H24N2O5. The first-order chi connectivity index (χ1) is 10.1. The highest BCUT2D eigenvalue weighted by Gasteiger charge is 2.23. The van der Waals surface area contributed by atoms with Crippen molar-refractivity contribution in [2.24, 2.45) is 0 Å². The van der Waals surface area contributed by atoms with Crippen LogP contribution in [0.5, 0.6) is 0 Å². The average molecular weight is 300 g/mol. The largest absolute Gasteiger partial charge is 0.466 e. The van der Waals surface area contributed by atoms with Gasteiger partial charge in [-0.1, -0.05) is 0 Å². The Labute approximate surface area is 124 Å². The Hall–Kier alpha value is -1.63. The fraction of sp³-hybridized carbons (Fsp3) is 0.786. The van der Waals surface area contributed by atoms with Gasteiger partial charge in [0, 0.05) is 32.7 Å². The number of carbonyl (C=O) groups excluding carboxylic acids is 3. The van der Waals surface area contributed by atoms with E-state index in [0.717, 1.165) is 12.8 Å². The van der Waals surface area contributed by atoms with Crippen molar-refractivity contribution in [3.8, 4) is 0 Å². The zero-order valence-corrected chi connectivity index (χ0v) is 12.7. The number of esters is 1. The summed E-state index contributed by atoms with van der Waals surface area (Å²) >= 11 is 0. The standard InChI is InChI=1S/C14H24N2O5/c1-3-21-14(19)5-4-12(17)15-11-6-8-16(9-7-11)13(18)10-20-2/h11H,3-10H2,1-2H3,(H,15,17). The van der Waals surface area contributed by atoms with Crippen molar-refractivity contribution in [1.82, 2.24) is 10.2 Å². The molecule has 120 valence electrons. The molecule has 1 aliphatic rings. The number of methoxy groups -OCH3 is 1. The van der Waals surface area contributed by atoms with Gasteiger partial charge in [0.05, 0.1) is 13.0 Å². The second kappa shape index (κ2) is 9.33. The zero-order chi connectivity index (χ0) is 15.7. The fourth-order valence-electron chi connectivity index (χ4n) is 2.24. The number of piperidine rings is 1. The van der Waals surface area contributed by atoms with Crippen LogP contribution >= 0.6 is 0 Å². The smallest absolute Gasteiger partial charge is 0.306 e. The second-order valence-corrected chi connectivity index (χ2v) is 4.96. The van der Waals surface area contributed by atoms with Gasteiger partial charge in [-0.3, -0.25) is 14.4 Å². The summed E-state index contributed by atoms with van der Waals surface area (Å²) in [4.78, 5) is 36.2. The van der Waals surface area contributed by atoms with Crippen molar-refractivity contribution in [2.75, 3.05) is 33.4 Å². The van der Waals surface area contributed by atoms with E-state index < -0.39 is 0 Å². The van der Waals surface area contributed by atoms with Crippen LogP contribution in [-0.4, -0.2) is 62.1 Å². The predicted molar refractivity (Wildman–Crippen MR) is 75.5 cm³/mol. The molecule has 0 aromatic carbocycles. The van der Waals surface area contributed by atoms with E-state index in [9.17, 15) is 14.4 Å². The van der Waals surface area contributed by atoms with Gasteiger partial charge in [-0.15, -0.1) is 0 Å². The lowest BCUT2D eigenvalue weighted by molar-refractivity contribution is -0.144. The average Bonchev–Trinajstić information content (AvgIpc) is 2.46. The maximum atomic E-state index is 11.7. The fourth-order valence-corrected chi connectivity index (χ4v) is 2.24. The van der Waals surface area contributed by atoms with E-state index in [4.69, 9.17) is 9.47 Å². The quantitative estimate of drug-likeness (QED) is 0.673. The van der Waals surface area contributed by atoms with Crippen LogP contribution in [-0.2, 0) is 23.9 Å². The molecule has 0 radical (unpaired) electrons. The second-order valence-electron chi connectivity index (χ2n) is 4.96. The maximum absolute atomic E-state index is 11.7. The number of rotatable bonds is 7. The van der Waals surface area contributed by atoms with Crippen molar-refractivity contribution in [3.05, 3.63) is 0 Å². The molecule has 0 aromatic rings. The monoisotopic (exact) mass is 300 g/mol. The minimum atomic E-state index is -0.354. The van der Waals surface area contributed by atoms with E-state index in [-0.39, 0.29) is 43.3 Å². The molecule has 0 aromatic heterocycles. The molecule has 0 bridgehead atoms. The van der Waals surface area contributed by atoms with Gasteiger partial charge in [-0.25, -0.2) is 0 Å². The summed E-state index contributed by atoms with van der Waals surface area (Å²) < 4.78 is 9.59. The highest BCUT2D eigenvalue weighted by molar-refractivity contribution is 5.81. The summed E-state index contributed by atoms with van der Waals surface area (Å²) in [5.41, 5.74) is 0. The number of carbonyl (C=O) groups is 3. The SMILES string of the molecule is CCOC(=O)CCC(=O)NC1CCN(C(=O)COC)CC1. The van der Waals surface area contributed by atoms with Gasteiger partial charge in [0.15, 0.2) is 0 Å². The van der Waals surface area contributed by atoms with E-state index in [1.165, 1.54) is 7.11 Å². The number of amides is 2. The van der Waals surface area contributed by atoms with E-state index in [2.05, 4.69) is 5.32 Å². The Bertz CT molecular complexity index is 364. The number of nitrogens with one attached hydrogen (secondary N) is 1. The third-order valence-corrected chi connectivity index (χ3v) is 3.34. The molecule has 7 heteroatoms. The minimum absolute atomic E-state index is 0.0235. The molecule has 1 aliphatic heterocycles. The van der Waals surface area contributed by atoms with Crippen LogP contribution in [0, 0.1) is 0 Å². The highest BCUT2D eigenvalue weighted by Crippen LogP contribution is 2.11. The first-order valence-corrected chi connectivity index (χ1v) is 7.28. The molecule has 21 heavy (non-hydrogen) atoms. The van der Waals surface area contributed by atoms with Gasteiger partial charge >= 0.3 is 5.97 Å². The lowest BCUT2D eigenvalue weighted by atomic mass is 10.0. The Morgan fingerprint density at radius 2 is 1.86 bits per heavy atom. The molecule has 2 amide bonds. The lowest BCUT2D eigenvalue weighted by Gasteiger charge is -2.32. The minimum Gasteiger partial charge on any atom is -0.466 e. The Morgan fingerprint density at radius 3 is 2.43 bits per heavy atom. The van der Waals surface area contributed by atoms with E-state index in [1.807, 2.05) is 0 Å². The first-order valence-electron chi connectivity index (χ1n) is 7.28. The van der Waals surface area contributed by atoms with Crippen molar-refractivity contribution in [1.29, 1.82) is 0 Å². The number of hydrogen-bond donors (Lipinski definition) is 1. The molecule has 7 nitrogen and oxygen atoms in total. The molecule has 0 saturated carbocycles.